The highest BCUT2D eigenvalue weighted by molar-refractivity contribution is 6.21. The molecule has 1 aromatic carbocycles. The minimum Gasteiger partial charge on any atom is -0.504 e. The molecular weight excluding hydrogens is 422 g/mol. The van der Waals surface area contributed by atoms with Crippen LogP contribution in [0.25, 0.3) is 11.6 Å². The maximum atomic E-state index is 12.8. The molecule has 0 amide bonds. The van der Waals surface area contributed by atoms with Gasteiger partial charge >= 0.3 is 5.97 Å². The zero-order valence-electron chi connectivity index (χ0n) is 18.4. The predicted octanol–water partition coefficient (Wildman–Crippen LogP) is 4.38. The van der Waals surface area contributed by atoms with E-state index in [-0.39, 0.29) is 29.6 Å². The molecule has 2 aliphatic heterocycles. The van der Waals surface area contributed by atoms with Crippen LogP contribution in [0, 0.1) is 0 Å². The molecule has 1 N–H and O–H groups in total. The predicted molar refractivity (Wildman–Crippen MR) is 124 cm³/mol. The number of nitrogens with zero attached hydrogens (tertiary/aromatic N) is 3. The van der Waals surface area contributed by atoms with Gasteiger partial charge < -0.3 is 23.9 Å². The summed E-state index contributed by atoms with van der Waals surface area (Å²) in [5, 5.41) is 11.0. The van der Waals surface area contributed by atoms with Gasteiger partial charge in [0.2, 0.25) is 5.88 Å². The number of methoxy groups -OCH3 is 1. The van der Waals surface area contributed by atoms with Crippen LogP contribution in [-0.2, 0) is 17.7 Å². The molecule has 8 nitrogen and oxygen atoms in total. The highest BCUT2D eigenvalue weighted by Gasteiger charge is 2.32. The average molecular weight is 445 g/mol. The molecule has 0 unspecified atom stereocenters. The van der Waals surface area contributed by atoms with Crippen molar-refractivity contribution in [1.29, 1.82) is 0 Å². The van der Waals surface area contributed by atoms with E-state index in [9.17, 15) is 9.90 Å². The minimum absolute atomic E-state index is 0.0244. The molecular formula is C25H23N3O5. The van der Waals surface area contributed by atoms with Crippen LogP contribution >= 0.6 is 0 Å². The van der Waals surface area contributed by atoms with Gasteiger partial charge in [-0.25, -0.2) is 14.8 Å². The van der Waals surface area contributed by atoms with Crippen molar-refractivity contribution in [2.24, 2.45) is 4.99 Å². The molecule has 4 heterocycles. The molecule has 3 aromatic rings. The summed E-state index contributed by atoms with van der Waals surface area (Å²) in [7, 11) is 1.66. The van der Waals surface area contributed by atoms with Gasteiger partial charge in [-0.3, -0.25) is 0 Å². The Hall–Kier alpha value is -4.07. The quantitative estimate of drug-likeness (QED) is 0.582. The van der Waals surface area contributed by atoms with Gasteiger partial charge in [0.05, 0.1) is 13.7 Å². The Bertz CT molecular complexity index is 1290. The van der Waals surface area contributed by atoms with E-state index in [1.807, 2.05) is 35.2 Å². The number of rotatable bonds is 5. The smallest absolute Gasteiger partial charge is 0.347 e. The zero-order valence-corrected chi connectivity index (χ0v) is 18.4. The Balaban J connectivity index is 1.56. The Morgan fingerprint density at radius 1 is 1.30 bits per heavy atom. The van der Waals surface area contributed by atoms with E-state index in [2.05, 4.69) is 9.98 Å². The van der Waals surface area contributed by atoms with Crippen LogP contribution in [0.5, 0.6) is 11.5 Å². The summed E-state index contributed by atoms with van der Waals surface area (Å²) in [5.41, 5.74) is 3.80. The lowest BCUT2D eigenvalue weighted by atomic mass is 9.98. The largest absolute Gasteiger partial charge is 0.504 e. The number of fused-ring (bicyclic) bond motifs is 2. The van der Waals surface area contributed by atoms with E-state index in [4.69, 9.17) is 13.9 Å². The van der Waals surface area contributed by atoms with Gasteiger partial charge in [0, 0.05) is 42.2 Å². The summed E-state index contributed by atoms with van der Waals surface area (Å²) in [6.07, 6.45) is 5.71. The number of anilines is 1. The number of aromatic nitrogens is 1. The third kappa shape index (κ3) is 3.63. The Morgan fingerprint density at radius 3 is 3.00 bits per heavy atom. The number of allylic oxidation sites excluding steroid dienone is 1. The highest BCUT2D eigenvalue weighted by atomic mass is 16.5. The average Bonchev–Trinajstić information content (AvgIpc) is 3.39. The number of ether oxygens (including phenoxy) is 2. The molecule has 0 bridgehead atoms. The summed E-state index contributed by atoms with van der Waals surface area (Å²) < 4.78 is 16.8. The number of pyridine rings is 1. The summed E-state index contributed by atoms with van der Waals surface area (Å²) in [5.74, 6) is 1.02. The Kier molecular flexibility index (Phi) is 5.34. The maximum absolute atomic E-state index is 12.8. The summed E-state index contributed by atoms with van der Waals surface area (Å²) in [4.78, 5) is 23.2. The van der Waals surface area contributed by atoms with Gasteiger partial charge in [-0.1, -0.05) is 12.1 Å². The van der Waals surface area contributed by atoms with Crippen molar-refractivity contribution in [2.75, 3.05) is 25.2 Å². The van der Waals surface area contributed by atoms with Crippen molar-refractivity contribution in [2.45, 2.75) is 19.9 Å². The molecule has 0 aliphatic carbocycles. The van der Waals surface area contributed by atoms with Gasteiger partial charge in [0.1, 0.15) is 5.75 Å². The van der Waals surface area contributed by atoms with Gasteiger partial charge in [-0.2, -0.15) is 0 Å². The number of carbonyl (C=O) groups excluding carboxylic acids is 1. The lowest BCUT2D eigenvalue weighted by Crippen LogP contribution is -2.31. The van der Waals surface area contributed by atoms with E-state index in [1.54, 1.807) is 32.5 Å². The second-order valence-corrected chi connectivity index (χ2v) is 7.72. The van der Waals surface area contributed by atoms with Crippen molar-refractivity contribution in [3.05, 3.63) is 64.5 Å². The summed E-state index contributed by atoms with van der Waals surface area (Å²) >= 11 is 0. The van der Waals surface area contributed by atoms with Crippen LogP contribution in [-0.4, -0.2) is 42.5 Å². The number of carbonyl (C=O) groups is 1. The molecule has 0 spiro atoms. The first-order valence-corrected chi connectivity index (χ1v) is 10.7. The number of hydrogen-bond donors (Lipinski definition) is 1. The molecule has 0 saturated heterocycles. The standard InChI is InChI=1S/C25H23N3O5/c1-3-32-25(30)21-22(29)20(12-16-13-27-23-18(16)7-5-10-26-23)33-24(21)28-11-9-17-15(14-28)6-4-8-19(17)31-2/h4-8,10,12-13,29H,3,9,11,14H2,1-2H3. The Morgan fingerprint density at radius 2 is 2.18 bits per heavy atom. The van der Waals surface area contributed by atoms with E-state index in [0.717, 1.165) is 28.0 Å². The third-order valence-electron chi connectivity index (χ3n) is 5.81. The Labute approximate surface area is 190 Å². The summed E-state index contributed by atoms with van der Waals surface area (Å²) in [6.45, 7) is 3.01. The number of hydrogen-bond acceptors (Lipinski definition) is 8. The van der Waals surface area contributed by atoms with Crippen LogP contribution in [0.3, 0.4) is 0 Å². The fourth-order valence-electron chi connectivity index (χ4n) is 4.26. The van der Waals surface area contributed by atoms with Crippen LogP contribution in [0.2, 0.25) is 0 Å². The normalized spacial score (nSPS) is 15.5. The first-order chi connectivity index (χ1) is 16.1. The molecule has 0 fully saturated rings. The molecule has 168 valence electrons. The molecule has 2 aromatic heterocycles. The monoisotopic (exact) mass is 445 g/mol. The van der Waals surface area contributed by atoms with Crippen molar-refractivity contribution in [3.63, 3.8) is 0 Å². The van der Waals surface area contributed by atoms with Crippen molar-refractivity contribution < 1.29 is 23.8 Å². The van der Waals surface area contributed by atoms with Crippen LogP contribution in [0.4, 0.5) is 11.7 Å². The van der Waals surface area contributed by atoms with Crippen LogP contribution < -0.4 is 9.64 Å². The lowest BCUT2D eigenvalue weighted by Gasteiger charge is -2.30. The molecule has 5 rings (SSSR count). The van der Waals surface area contributed by atoms with E-state index < -0.39 is 5.97 Å². The number of aromatic hydroxyl groups is 1. The van der Waals surface area contributed by atoms with Crippen molar-refractivity contribution in [3.8, 4) is 11.5 Å². The molecule has 0 radical (unpaired) electrons. The molecule has 8 heteroatoms. The number of aliphatic imine (C=N–C) groups is 1. The third-order valence-corrected chi connectivity index (χ3v) is 5.81. The first kappa shape index (κ1) is 20.8. The summed E-state index contributed by atoms with van der Waals surface area (Å²) in [6, 6.07) is 9.62. The topological polar surface area (TPSA) is 97.4 Å². The lowest BCUT2D eigenvalue weighted by molar-refractivity contribution is 0.0523. The maximum Gasteiger partial charge on any atom is 0.347 e. The number of esters is 1. The zero-order chi connectivity index (χ0) is 22.9. The molecule has 0 saturated carbocycles. The second-order valence-electron chi connectivity index (χ2n) is 7.72. The molecule has 33 heavy (non-hydrogen) atoms. The molecule has 2 aliphatic rings. The fourth-order valence-corrected chi connectivity index (χ4v) is 4.26. The number of benzene rings is 1. The highest BCUT2D eigenvalue weighted by Crippen LogP contribution is 2.41. The van der Waals surface area contributed by atoms with Crippen molar-refractivity contribution in [1.82, 2.24) is 4.98 Å². The number of furan rings is 1. The molecule has 0 atom stereocenters. The van der Waals surface area contributed by atoms with Crippen molar-refractivity contribution >= 4 is 35.5 Å². The second kappa shape index (κ2) is 8.46. The van der Waals surface area contributed by atoms with E-state index >= 15 is 0 Å². The van der Waals surface area contributed by atoms with E-state index in [1.165, 1.54) is 0 Å². The van der Waals surface area contributed by atoms with Gasteiger partial charge in [-0.05, 0) is 43.2 Å². The first-order valence-electron chi connectivity index (χ1n) is 10.7. The van der Waals surface area contributed by atoms with Gasteiger partial charge in [0.25, 0.3) is 0 Å². The van der Waals surface area contributed by atoms with Gasteiger partial charge in [-0.15, -0.1) is 0 Å². The SMILES string of the molecule is CCOC(=O)c1c(N2CCc3c(cccc3OC)C2)oc(C=C2C=Nc3ncccc32)c1O. The van der Waals surface area contributed by atoms with E-state index in [0.29, 0.717) is 25.3 Å². The van der Waals surface area contributed by atoms with Crippen LogP contribution in [0.15, 0.2) is 45.9 Å². The van der Waals surface area contributed by atoms with Gasteiger partial charge in [0.15, 0.2) is 22.9 Å². The minimum atomic E-state index is -0.628. The van der Waals surface area contributed by atoms with Crippen LogP contribution in [0.1, 0.15) is 39.7 Å². The fraction of sp³-hybridized carbons (Fsp3) is 0.240.